The van der Waals surface area contributed by atoms with Crippen molar-refractivity contribution in [3.8, 4) is 0 Å². The number of ether oxygens (including phenoxy) is 2. The van der Waals surface area contributed by atoms with Crippen LogP contribution in [0, 0.1) is 5.92 Å². The Balaban J connectivity index is 1.34. The van der Waals surface area contributed by atoms with Gasteiger partial charge >= 0.3 is 0 Å². The second kappa shape index (κ2) is 8.33. The molecular weight excluding hydrogens is 396 g/mol. The summed E-state index contributed by atoms with van der Waals surface area (Å²) in [5.74, 6) is 0.489. The number of piperidine rings is 1. The summed E-state index contributed by atoms with van der Waals surface area (Å²) in [6, 6.07) is 0. The molecular formula is C19H30N4O5S. The maximum absolute atomic E-state index is 12.8. The predicted octanol–water partition coefficient (Wildman–Crippen LogP) is 0.619. The summed E-state index contributed by atoms with van der Waals surface area (Å²) < 4.78 is 40.2. The summed E-state index contributed by atoms with van der Waals surface area (Å²) in [6.45, 7) is 4.05. The Bertz CT molecular complexity index is 825. The third-order valence-corrected chi connectivity index (χ3v) is 8.13. The fourth-order valence-electron chi connectivity index (χ4n) is 4.63. The zero-order valence-electron chi connectivity index (χ0n) is 17.0. The minimum atomic E-state index is -3.57. The van der Waals surface area contributed by atoms with Gasteiger partial charge < -0.3 is 18.9 Å². The summed E-state index contributed by atoms with van der Waals surface area (Å²) in [5, 5.41) is 0.0921. The number of rotatable bonds is 4. The van der Waals surface area contributed by atoms with Crippen molar-refractivity contribution in [2.75, 3.05) is 46.0 Å². The fourth-order valence-corrected chi connectivity index (χ4v) is 6.04. The number of nitrogens with zero attached hydrogens (tertiary/aromatic N) is 4. The molecule has 3 aliphatic rings. The van der Waals surface area contributed by atoms with Gasteiger partial charge in [-0.15, -0.1) is 0 Å². The molecule has 1 aromatic heterocycles. The zero-order valence-corrected chi connectivity index (χ0v) is 17.8. The maximum Gasteiger partial charge on any atom is 0.262 e. The van der Waals surface area contributed by atoms with Crippen LogP contribution in [-0.4, -0.2) is 84.7 Å². The number of carbonyl (C=O) groups is 1. The van der Waals surface area contributed by atoms with Gasteiger partial charge in [0.15, 0.2) is 5.03 Å². The highest BCUT2D eigenvalue weighted by Crippen LogP contribution is 2.39. The molecule has 29 heavy (non-hydrogen) atoms. The number of hydrogen-bond donors (Lipinski definition) is 0. The highest BCUT2D eigenvalue weighted by atomic mass is 32.2. The van der Waals surface area contributed by atoms with Crippen molar-refractivity contribution in [3.05, 3.63) is 12.5 Å². The number of morpholine rings is 1. The van der Waals surface area contributed by atoms with Gasteiger partial charge in [-0.1, -0.05) is 0 Å². The van der Waals surface area contributed by atoms with E-state index in [1.807, 2.05) is 4.90 Å². The molecule has 0 saturated carbocycles. The van der Waals surface area contributed by atoms with Crippen molar-refractivity contribution in [2.45, 2.75) is 42.7 Å². The Kier molecular flexibility index (Phi) is 5.97. The third-order valence-electron chi connectivity index (χ3n) is 6.34. The predicted molar refractivity (Wildman–Crippen MR) is 105 cm³/mol. The zero-order chi connectivity index (χ0) is 20.5. The van der Waals surface area contributed by atoms with Gasteiger partial charge in [-0.05, 0) is 31.6 Å². The van der Waals surface area contributed by atoms with E-state index < -0.39 is 10.0 Å². The van der Waals surface area contributed by atoms with Crippen molar-refractivity contribution in [1.29, 1.82) is 0 Å². The first-order chi connectivity index (χ1) is 13.9. The van der Waals surface area contributed by atoms with Crippen LogP contribution in [0.3, 0.4) is 0 Å². The highest BCUT2D eigenvalue weighted by Gasteiger charge is 2.43. The van der Waals surface area contributed by atoms with E-state index in [1.54, 1.807) is 11.6 Å². The molecule has 0 radical (unpaired) electrons. The van der Waals surface area contributed by atoms with Crippen LogP contribution in [0.15, 0.2) is 17.6 Å². The van der Waals surface area contributed by atoms with E-state index >= 15 is 0 Å². The first-order valence-electron chi connectivity index (χ1n) is 10.4. The normalized spacial score (nSPS) is 26.0. The highest BCUT2D eigenvalue weighted by molar-refractivity contribution is 7.89. The van der Waals surface area contributed by atoms with E-state index in [0.717, 1.165) is 12.8 Å². The first-order valence-corrected chi connectivity index (χ1v) is 11.8. The first kappa shape index (κ1) is 20.8. The Hall–Kier alpha value is -1.49. The molecule has 0 aromatic carbocycles. The topological polar surface area (TPSA) is 94.0 Å². The molecule has 10 heteroatoms. The van der Waals surface area contributed by atoms with E-state index in [4.69, 9.17) is 9.47 Å². The molecule has 0 bridgehead atoms. The summed E-state index contributed by atoms with van der Waals surface area (Å²) in [5.41, 5.74) is -0.315. The van der Waals surface area contributed by atoms with Crippen LogP contribution in [0.1, 0.15) is 32.1 Å². The van der Waals surface area contributed by atoms with Crippen molar-refractivity contribution in [1.82, 2.24) is 18.8 Å². The molecule has 0 N–H and O–H groups in total. The molecule has 4 heterocycles. The standard InChI is InChI=1S/C19H30N4O5S/c1-21-14-17(20-15-21)29(25,26)23-5-3-19(4-6-23)13-16(2-9-28-19)12-18(24)22-7-10-27-11-8-22/h14-16H,2-13H2,1H3. The molecule has 3 aliphatic heterocycles. The van der Waals surface area contributed by atoms with Crippen molar-refractivity contribution >= 4 is 15.9 Å². The Morgan fingerprint density at radius 1 is 1.21 bits per heavy atom. The van der Waals surface area contributed by atoms with E-state index in [2.05, 4.69) is 4.98 Å². The third kappa shape index (κ3) is 4.50. The minimum absolute atomic E-state index is 0.0921. The second-order valence-corrected chi connectivity index (χ2v) is 10.3. The van der Waals surface area contributed by atoms with Gasteiger partial charge in [0.1, 0.15) is 0 Å². The van der Waals surface area contributed by atoms with Crippen LogP contribution in [0.4, 0.5) is 0 Å². The number of imidazole rings is 1. The van der Waals surface area contributed by atoms with Crippen LogP contribution in [0.25, 0.3) is 0 Å². The van der Waals surface area contributed by atoms with Crippen LogP contribution < -0.4 is 0 Å². The Morgan fingerprint density at radius 2 is 1.93 bits per heavy atom. The minimum Gasteiger partial charge on any atom is -0.378 e. The van der Waals surface area contributed by atoms with Crippen molar-refractivity contribution in [3.63, 3.8) is 0 Å². The van der Waals surface area contributed by atoms with Gasteiger partial charge in [0.25, 0.3) is 10.0 Å². The molecule has 3 fully saturated rings. The lowest BCUT2D eigenvalue weighted by Gasteiger charge is -2.45. The largest absolute Gasteiger partial charge is 0.378 e. The summed E-state index contributed by atoms with van der Waals surface area (Å²) in [6.07, 6.45) is 6.58. The summed E-state index contributed by atoms with van der Waals surface area (Å²) in [7, 11) is -1.81. The molecule has 4 rings (SSSR count). The number of carbonyl (C=O) groups excluding carboxylic acids is 1. The SMILES string of the molecule is Cn1cnc(S(=O)(=O)N2CCC3(CC2)CC(CC(=O)N2CCOCC2)CCO3)c1. The number of aryl methyl sites for hydroxylation is 1. The van der Waals surface area contributed by atoms with Crippen molar-refractivity contribution < 1.29 is 22.7 Å². The van der Waals surface area contributed by atoms with Crippen molar-refractivity contribution in [2.24, 2.45) is 13.0 Å². The molecule has 1 unspecified atom stereocenters. The second-order valence-electron chi connectivity index (χ2n) is 8.37. The monoisotopic (exact) mass is 426 g/mol. The molecule has 3 saturated heterocycles. The van der Waals surface area contributed by atoms with Gasteiger partial charge in [0.05, 0.1) is 25.1 Å². The average molecular weight is 427 g/mol. The number of aromatic nitrogens is 2. The van der Waals surface area contributed by atoms with Gasteiger partial charge in [-0.3, -0.25) is 4.79 Å². The fraction of sp³-hybridized carbons (Fsp3) is 0.789. The van der Waals surface area contributed by atoms with E-state index in [-0.39, 0.29) is 22.5 Å². The summed E-state index contributed by atoms with van der Waals surface area (Å²) in [4.78, 5) is 18.5. The van der Waals surface area contributed by atoms with Gasteiger partial charge in [-0.25, -0.2) is 13.4 Å². The van der Waals surface area contributed by atoms with E-state index in [1.165, 1.54) is 16.8 Å². The van der Waals surface area contributed by atoms with Crippen LogP contribution >= 0.6 is 0 Å². The van der Waals surface area contributed by atoms with Crippen LogP contribution in [-0.2, 0) is 31.3 Å². The van der Waals surface area contributed by atoms with Crippen LogP contribution in [0.2, 0.25) is 0 Å². The molecule has 1 atom stereocenters. The smallest absolute Gasteiger partial charge is 0.262 e. The Labute approximate surface area is 172 Å². The number of sulfonamides is 1. The van der Waals surface area contributed by atoms with Gasteiger partial charge in [0, 0.05) is 52.5 Å². The molecule has 1 amide bonds. The molecule has 162 valence electrons. The lowest BCUT2D eigenvalue weighted by Crippen LogP contribution is -2.51. The maximum atomic E-state index is 12.8. The molecule has 1 spiro atoms. The lowest BCUT2D eigenvalue weighted by atomic mass is 9.78. The molecule has 1 aromatic rings. The van der Waals surface area contributed by atoms with Crippen LogP contribution in [0.5, 0.6) is 0 Å². The number of amides is 1. The quantitative estimate of drug-likeness (QED) is 0.701. The van der Waals surface area contributed by atoms with Gasteiger partial charge in [0.2, 0.25) is 5.91 Å². The average Bonchev–Trinajstić information content (AvgIpc) is 3.16. The van der Waals surface area contributed by atoms with E-state index in [0.29, 0.717) is 65.3 Å². The van der Waals surface area contributed by atoms with Gasteiger partial charge in [-0.2, -0.15) is 4.31 Å². The lowest BCUT2D eigenvalue weighted by molar-refractivity contribution is -0.143. The number of hydrogen-bond acceptors (Lipinski definition) is 6. The Morgan fingerprint density at radius 3 is 2.59 bits per heavy atom. The molecule has 0 aliphatic carbocycles. The van der Waals surface area contributed by atoms with E-state index in [9.17, 15) is 13.2 Å². The molecule has 9 nitrogen and oxygen atoms in total. The summed E-state index contributed by atoms with van der Waals surface area (Å²) >= 11 is 0.